The van der Waals surface area contributed by atoms with Gasteiger partial charge in [-0.25, -0.2) is 4.98 Å². The van der Waals surface area contributed by atoms with Crippen LogP contribution in [0.5, 0.6) is 0 Å². The minimum Gasteiger partial charge on any atom is -0.370 e. The lowest BCUT2D eigenvalue weighted by Crippen LogP contribution is -2.33. The highest BCUT2D eigenvalue weighted by atomic mass is 127. The van der Waals surface area contributed by atoms with E-state index in [9.17, 15) is 0 Å². The highest BCUT2D eigenvalue weighted by Crippen LogP contribution is 2.13. The van der Waals surface area contributed by atoms with Crippen molar-refractivity contribution in [1.29, 1.82) is 0 Å². The van der Waals surface area contributed by atoms with Gasteiger partial charge in [0.05, 0.1) is 5.01 Å². The fourth-order valence-electron chi connectivity index (χ4n) is 1.93. The number of thiazole rings is 1. The Bertz CT molecular complexity index is 569. The molecule has 120 valence electrons. The van der Waals surface area contributed by atoms with Crippen LogP contribution in [0.2, 0.25) is 0 Å². The molecule has 6 heteroatoms. The van der Waals surface area contributed by atoms with E-state index in [1.165, 1.54) is 10.4 Å². The maximum absolute atomic E-state index is 5.86. The van der Waals surface area contributed by atoms with Crippen molar-refractivity contribution in [3.8, 4) is 0 Å². The molecule has 0 atom stereocenters. The number of hydrogen-bond acceptors (Lipinski definition) is 3. The molecular formula is C16H23IN4S. The van der Waals surface area contributed by atoms with Gasteiger partial charge < -0.3 is 11.1 Å². The lowest BCUT2D eigenvalue weighted by molar-refractivity contribution is 0.843. The Morgan fingerprint density at radius 1 is 1.27 bits per heavy atom. The second-order valence-corrected chi connectivity index (χ2v) is 5.95. The van der Waals surface area contributed by atoms with Gasteiger partial charge in [-0.1, -0.05) is 37.3 Å². The third-order valence-electron chi connectivity index (χ3n) is 3.12. The number of aliphatic imine (C=N–C) groups is 1. The molecule has 0 unspecified atom stereocenters. The van der Waals surface area contributed by atoms with E-state index >= 15 is 0 Å². The van der Waals surface area contributed by atoms with Gasteiger partial charge in [-0.15, -0.1) is 35.3 Å². The molecule has 0 spiro atoms. The topological polar surface area (TPSA) is 63.3 Å². The SMILES string of the molecule is CCc1cnc(CCN=C(N)NCCc2ccccc2)s1.I. The molecule has 0 aliphatic heterocycles. The van der Waals surface area contributed by atoms with Gasteiger partial charge >= 0.3 is 0 Å². The standard InChI is InChI=1S/C16H22N4S.HI/c1-2-14-12-20-15(21-14)9-11-19-16(17)18-10-8-13-6-4-3-5-7-13;/h3-7,12H,2,8-11H2,1H3,(H3,17,18,19);1H. The Hall–Kier alpha value is -1.15. The number of guanidine groups is 1. The van der Waals surface area contributed by atoms with E-state index < -0.39 is 0 Å². The molecule has 1 aromatic heterocycles. The first kappa shape index (κ1) is 18.9. The maximum atomic E-state index is 5.86. The number of benzene rings is 1. The third kappa shape index (κ3) is 6.74. The normalized spacial score (nSPS) is 11.0. The zero-order valence-electron chi connectivity index (χ0n) is 12.8. The van der Waals surface area contributed by atoms with Crippen molar-refractivity contribution in [3.05, 3.63) is 52.0 Å². The van der Waals surface area contributed by atoms with Crippen molar-refractivity contribution >= 4 is 41.3 Å². The molecule has 0 bridgehead atoms. The Labute approximate surface area is 153 Å². The Morgan fingerprint density at radius 3 is 2.73 bits per heavy atom. The first-order valence-electron chi connectivity index (χ1n) is 7.29. The summed E-state index contributed by atoms with van der Waals surface area (Å²) in [5, 5.41) is 4.28. The Morgan fingerprint density at radius 2 is 2.05 bits per heavy atom. The lowest BCUT2D eigenvalue weighted by Gasteiger charge is -2.05. The molecule has 1 heterocycles. The summed E-state index contributed by atoms with van der Waals surface area (Å²) in [5.41, 5.74) is 7.15. The molecule has 0 aliphatic carbocycles. The van der Waals surface area contributed by atoms with E-state index in [2.05, 4.69) is 34.3 Å². The Balaban J connectivity index is 0.00000242. The van der Waals surface area contributed by atoms with Crippen molar-refractivity contribution in [2.24, 2.45) is 10.7 Å². The summed E-state index contributed by atoms with van der Waals surface area (Å²) in [4.78, 5) is 10.0. The first-order chi connectivity index (χ1) is 10.3. The van der Waals surface area contributed by atoms with Gasteiger partial charge in [0.25, 0.3) is 0 Å². The van der Waals surface area contributed by atoms with E-state index in [1.807, 2.05) is 24.4 Å². The summed E-state index contributed by atoms with van der Waals surface area (Å²) < 4.78 is 0. The van der Waals surface area contributed by atoms with Crippen LogP contribution >= 0.6 is 35.3 Å². The van der Waals surface area contributed by atoms with Gasteiger partial charge in [0.2, 0.25) is 0 Å². The predicted octanol–water partition coefficient (Wildman–Crippen LogP) is 3.01. The molecule has 0 radical (unpaired) electrons. The van der Waals surface area contributed by atoms with E-state index in [0.29, 0.717) is 12.5 Å². The number of halogens is 1. The summed E-state index contributed by atoms with van der Waals surface area (Å²) in [7, 11) is 0. The number of rotatable bonds is 7. The first-order valence-corrected chi connectivity index (χ1v) is 8.11. The molecule has 3 N–H and O–H groups in total. The van der Waals surface area contributed by atoms with E-state index in [4.69, 9.17) is 5.73 Å². The number of hydrogen-bond donors (Lipinski definition) is 2. The van der Waals surface area contributed by atoms with Crippen LogP contribution in [0, 0.1) is 0 Å². The van der Waals surface area contributed by atoms with Crippen LogP contribution in [-0.4, -0.2) is 24.0 Å². The third-order valence-corrected chi connectivity index (χ3v) is 4.32. The molecule has 2 rings (SSSR count). The highest BCUT2D eigenvalue weighted by molar-refractivity contribution is 14.0. The van der Waals surface area contributed by atoms with Crippen molar-refractivity contribution in [2.45, 2.75) is 26.2 Å². The number of aromatic nitrogens is 1. The number of nitrogens with zero attached hydrogens (tertiary/aromatic N) is 2. The van der Waals surface area contributed by atoms with Crippen LogP contribution in [0.1, 0.15) is 22.4 Å². The zero-order valence-corrected chi connectivity index (χ0v) is 15.9. The van der Waals surface area contributed by atoms with E-state index in [0.717, 1.165) is 30.8 Å². The summed E-state index contributed by atoms with van der Waals surface area (Å²) in [6.07, 6.45) is 4.80. The molecule has 22 heavy (non-hydrogen) atoms. The molecule has 2 aromatic rings. The molecule has 1 aromatic carbocycles. The fourth-order valence-corrected chi connectivity index (χ4v) is 2.79. The average Bonchev–Trinajstić information content (AvgIpc) is 2.96. The summed E-state index contributed by atoms with van der Waals surface area (Å²) >= 11 is 1.76. The zero-order chi connectivity index (χ0) is 14.9. The van der Waals surface area contributed by atoms with E-state index in [1.54, 1.807) is 11.3 Å². The van der Waals surface area contributed by atoms with Crippen LogP contribution in [0.4, 0.5) is 0 Å². The van der Waals surface area contributed by atoms with Gasteiger partial charge in [-0.2, -0.15) is 0 Å². The minimum atomic E-state index is 0. The lowest BCUT2D eigenvalue weighted by atomic mass is 10.1. The molecular weight excluding hydrogens is 407 g/mol. The largest absolute Gasteiger partial charge is 0.370 e. The van der Waals surface area contributed by atoms with Crippen molar-refractivity contribution in [2.75, 3.05) is 13.1 Å². The molecule has 4 nitrogen and oxygen atoms in total. The number of nitrogens with one attached hydrogen (secondary N) is 1. The van der Waals surface area contributed by atoms with Crippen LogP contribution < -0.4 is 11.1 Å². The van der Waals surface area contributed by atoms with Crippen molar-refractivity contribution < 1.29 is 0 Å². The second-order valence-electron chi connectivity index (χ2n) is 4.75. The van der Waals surface area contributed by atoms with Crippen LogP contribution in [0.3, 0.4) is 0 Å². The van der Waals surface area contributed by atoms with Crippen molar-refractivity contribution in [3.63, 3.8) is 0 Å². The summed E-state index contributed by atoms with van der Waals surface area (Å²) in [5.74, 6) is 0.512. The van der Waals surface area contributed by atoms with Crippen LogP contribution in [-0.2, 0) is 19.3 Å². The van der Waals surface area contributed by atoms with Crippen molar-refractivity contribution in [1.82, 2.24) is 10.3 Å². The Kier molecular flexibility index (Phi) is 9.07. The van der Waals surface area contributed by atoms with Gasteiger partial charge in [-0.05, 0) is 18.4 Å². The average molecular weight is 430 g/mol. The summed E-state index contributed by atoms with van der Waals surface area (Å²) in [6, 6.07) is 10.3. The van der Waals surface area contributed by atoms with Crippen LogP contribution in [0.15, 0.2) is 41.5 Å². The second kappa shape index (κ2) is 10.6. The highest BCUT2D eigenvalue weighted by Gasteiger charge is 2.00. The van der Waals surface area contributed by atoms with Gasteiger partial charge in [-0.3, -0.25) is 4.99 Å². The molecule has 0 aliphatic rings. The maximum Gasteiger partial charge on any atom is 0.188 e. The van der Waals surface area contributed by atoms with Crippen LogP contribution in [0.25, 0.3) is 0 Å². The van der Waals surface area contributed by atoms with Gasteiger partial charge in [0.1, 0.15) is 0 Å². The monoisotopic (exact) mass is 430 g/mol. The van der Waals surface area contributed by atoms with Gasteiger partial charge in [0, 0.05) is 30.6 Å². The fraction of sp³-hybridized carbons (Fsp3) is 0.375. The van der Waals surface area contributed by atoms with E-state index in [-0.39, 0.29) is 24.0 Å². The summed E-state index contributed by atoms with van der Waals surface area (Å²) in [6.45, 7) is 3.63. The molecule has 0 saturated carbocycles. The number of aryl methyl sites for hydroxylation is 1. The molecule has 0 saturated heterocycles. The molecule has 0 fully saturated rings. The predicted molar refractivity (Wildman–Crippen MR) is 105 cm³/mol. The quantitative estimate of drug-likeness (QED) is 0.403. The molecule has 0 amide bonds. The van der Waals surface area contributed by atoms with Gasteiger partial charge in [0.15, 0.2) is 5.96 Å². The minimum absolute atomic E-state index is 0. The number of nitrogens with two attached hydrogens (primary N) is 1. The smallest absolute Gasteiger partial charge is 0.188 e.